The number of rotatable bonds is 3. The molecule has 4 aromatic carbocycles. The van der Waals surface area contributed by atoms with E-state index in [-0.39, 0.29) is 20.6 Å². The zero-order valence-corrected chi connectivity index (χ0v) is 16.7. The molecule has 3 heteroatoms. The van der Waals surface area contributed by atoms with Crippen molar-refractivity contribution in [2.75, 3.05) is 0 Å². The fraction of sp³-hybridized carbons (Fsp3) is 0. The number of hydrogen-bond acceptors (Lipinski definition) is 2. The predicted molar refractivity (Wildman–Crippen MR) is 117 cm³/mol. The van der Waals surface area contributed by atoms with Crippen LogP contribution < -0.4 is 14.5 Å². The number of hydrogen-bond donors (Lipinski definition) is 0. The van der Waals surface area contributed by atoms with Gasteiger partial charge in [-0.2, -0.15) is 0 Å². The summed E-state index contributed by atoms with van der Waals surface area (Å²) in [5.41, 5.74) is 2.45. The minimum atomic E-state index is -0.245. The van der Waals surface area contributed by atoms with Crippen LogP contribution in [0.25, 0.3) is 32.9 Å². The molecule has 28 heavy (non-hydrogen) atoms. The molecule has 5 rings (SSSR count). The molecular formula is C25H16O2Se. The van der Waals surface area contributed by atoms with E-state index in [2.05, 4.69) is 42.5 Å². The molecule has 0 N–H and O–H groups in total. The molecule has 0 amide bonds. The maximum atomic E-state index is 13.0. The second-order valence-corrected chi connectivity index (χ2v) is 8.81. The molecule has 0 aliphatic carbocycles. The van der Waals surface area contributed by atoms with Crippen molar-refractivity contribution in [3.63, 3.8) is 0 Å². The first-order chi connectivity index (χ1) is 13.8. The summed E-state index contributed by atoms with van der Waals surface area (Å²) in [7, 11) is 0. The standard InChI is InChI=1S/C25H16O2Se/c26-25-24(28-18-11-2-1-3-12-18)23(21-14-6-7-16-22(21)27-25)20-15-8-10-17-9-4-5-13-19(17)20/h1-16H. The van der Waals surface area contributed by atoms with Gasteiger partial charge in [0.15, 0.2) is 0 Å². The van der Waals surface area contributed by atoms with Crippen LogP contribution in [-0.4, -0.2) is 15.0 Å². The van der Waals surface area contributed by atoms with Gasteiger partial charge in [-0.25, -0.2) is 0 Å². The Morgan fingerprint density at radius 2 is 1.32 bits per heavy atom. The Morgan fingerprint density at radius 1 is 0.643 bits per heavy atom. The summed E-state index contributed by atoms with van der Waals surface area (Å²) in [6.07, 6.45) is 0. The average Bonchev–Trinajstić information content (AvgIpc) is 2.75. The van der Waals surface area contributed by atoms with Crippen LogP contribution in [0.1, 0.15) is 0 Å². The van der Waals surface area contributed by atoms with Crippen LogP contribution in [0, 0.1) is 0 Å². The van der Waals surface area contributed by atoms with E-state index in [0.717, 1.165) is 36.2 Å². The second-order valence-electron chi connectivity index (χ2n) is 6.53. The minimum absolute atomic E-state index is 0.155. The van der Waals surface area contributed by atoms with Crippen molar-refractivity contribution in [1.82, 2.24) is 0 Å². The summed E-state index contributed by atoms with van der Waals surface area (Å²) >= 11 is -0.155. The molecule has 0 unspecified atom stereocenters. The van der Waals surface area contributed by atoms with E-state index in [0.29, 0.717) is 5.58 Å². The molecule has 134 valence electrons. The van der Waals surface area contributed by atoms with Crippen molar-refractivity contribution in [2.45, 2.75) is 0 Å². The van der Waals surface area contributed by atoms with Gasteiger partial charge in [0.2, 0.25) is 0 Å². The van der Waals surface area contributed by atoms with Crippen molar-refractivity contribution >= 4 is 45.6 Å². The van der Waals surface area contributed by atoms with Gasteiger partial charge in [0.25, 0.3) is 0 Å². The summed E-state index contributed by atoms with van der Waals surface area (Å²) in [4.78, 5) is 13.0. The Kier molecular flexibility index (Phi) is 4.32. The van der Waals surface area contributed by atoms with Gasteiger partial charge < -0.3 is 0 Å². The summed E-state index contributed by atoms with van der Waals surface area (Å²) in [5.74, 6) is 0. The maximum absolute atomic E-state index is 13.0. The van der Waals surface area contributed by atoms with Gasteiger partial charge in [-0.15, -0.1) is 0 Å². The van der Waals surface area contributed by atoms with Gasteiger partial charge in [0.1, 0.15) is 0 Å². The Labute approximate surface area is 168 Å². The Bertz CT molecular complexity index is 1350. The van der Waals surface area contributed by atoms with Crippen molar-refractivity contribution < 1.29 is 4.42 Å². The van der Waals surface area contributed by atoms with Crippen molar-refractivity contribution in [2.24, 2.45) is 0 Å². The monoisotopic (exact) mass is 428 g/mol. The van der Waals surface area contributed by atoms with Crippen LogP contribution in [0.2, 0.25) is 0 Å². The first-order valence-electron chi connectivity index (χ1n) is 9.08. The molecule has 2 nitrogen and oxygen atoms in total. The summed E-state index contributed by atoms with van der Waals surface area (Å²) < 4.78 is 7.61. The van der Waals surface area contributed by atoms with Gasteiger partial charge in [-0.1, -0.05) is 0 Å². The van der Waals surface area contributed by atoms with Crippen LogP contribution in [0.4, 0.5) is 0 Å². The Hall–Kier alpha value is -3.13. The van der Waals surface area contributed by atoms with Gasteiger partial charge in [-0.05, 0) is 0 Å². The van der Waals surface area contributed by atoms with E-state index in [9.17, 15) is 4.79 Å². The molecule has 0 saturated carbocycles. The van der Waals surface area contributed by atoms with Crippen LogP contribution in [-0.2, 0) is 0 Å². The topological polar surface area (TPSA) is 30.2 Å². The first kappa shape index (κ1) is 17.0. The molecule has 0 atom stereocenters. The summed E-state index contributed by atoms with van der Waals surface area (Å²) in [6.45, 7) is 0. The molecule has 0 aliphatic rings. The van der Waals surface area contributed by atoms with Crippen LogP contribution in [0.15, 0.2) is 106 Å². The predicted octanol–water partition coefficient (Wildman–Crippen LogP) is 4.27. The molecule has 0 saturated heterocycles. The van der Waals surface area contributed by atoms with E-state index in [1.54, 1.807) is 0 Å². The zero-order valence-electron chi connectivity index (χ0n) is 15.0. The summed E-state index contributed by atoms with van der Waals surface area (Å²) in [5, 5.41) is 3.28. The summed E-state index contributed by atoms with van der Waals surface area (Å²) in [6, 6.07) is 32.5. The quantitative estimate of drug-likeness (QED) is 0.318. The fourth-order valence-electron chi connectivity index (χ4n) is 3.54. The molecule has 0 radical (unpaired) electrons. The first-order valence-corrected chi connectivity index (χ1v) is 10.8. The molecular weight excluding hydrogens is 411 g/mol. The third-order valence-corrected chi connectivity index (χ3v) is 7.07. The third-order valence-electron chi connectivity index (χ3n) is 4.79. The normalized spacial score (nSPS) is 11.1. The van der Waals surface area contributed by atoms with Crippen molar-refractivity contribution in [1.29, 1.82) is 0 Å². The molecule has 0 spiro atoms. The van der Waals surface area contributed by atoms with Crippen LogP contribution in [0.5, 0.6) is 0 Å². The third kappa shape index (κ3) is 2.95. The van der Waals surface area contributed by atoms with E-state index >= 15 is 0 Å². The molecule has 0 aliphatic heterocycles. The van der Waals surface area contributed by atoms with E-state index in [1.807, 2.05) is 54.6 Å². The molecule has 5 aromatic rings. The van der Waals surface area contributed by atoms with Crippen LogP contribution in [0.3, 0.4) is 0 Å². The number of para-hydroxylation sites is 1. The van der Waals surface area contributed by atoms with Gasteiger partial charge in [0.05, 0.1) is 0 Å². The average molecular weight is 427 g/mol. The second kappa shape index (κ2) is 7.12. The molecule has 1 heterocycles. The fourth-order valence-corrected chi connectivity index (χ4v) is 5.59. The Morgan fingerprint density at radius 3 is 2.18 bits per heavy atom. The number of fused-ring (bicyclic) bond motifs is 2. The van der Waals surface area contributed by atoms with E-state index in [4.69, 9.17) is 4.42 Å². The number of benzene rings is 4. The molecule has 0 bridgehead atoms. The van der Waals surface area contributed by atoms with Crippen molar-refractivity contribution in [3.05, 3.63) is 107 Å². The SMILES string of the molecule is O=c1oc2ccccc2c(-c2cccc3ccccc23)c1[Se]c1ccccc1. The molecule has 0 fully saturated rings. The molecule has 1 aromatic heterocycles. The van der Waals surface area contributed by atoms with E-state index in [1.165, 1.54) is 0 Å². The van der Waals surface area contributed by atoms with Gasteiger partial charge in [-0.3, -0.25) is 0 Å². The Balaban J connectivity index is 1.88. The van der Waals surface area contributed by atoms with Crippen LogP contribution >= 0.6 is 0 Å². The van der Waals surface area contributed by atoms with Gasteiger partial charge in [0, 0.05) is 0 Å². The van der Waals surface area contributed by atoms with E-state index < -0.39 is 0 Å². The van der Waals surface area contributed by atoms with Crippen molar-refractivity contribution in [3.8, 4) is 11.1 Å². The zero-order chi connectivity index (χ0) is 18.9. The van der Waals surface area contributed by atoms with Gasteiger partial charge >= 0.3 is 169 Å².